The average Bonchev–Trinajstić information content (AvgIpc) is 2.26. The number of aliphatic hydroxyl groups is 1. The summed E-state index contributed by atoms with van der Waals surface area (Å²) < 4.78 is 37.3. The van der Waals surface area contributed by atoms with Gasteiger partial charge < -0.3 is 5.11 Å². The molecule has 0 spiro atoms. The molecule has 0 aliphatic rings. The lowest BCUT2D eigenvalue weighted by molar-refractivity contribution is -0.385. The number of halogens is 3. The van der Waals surface area contributed by atoms with Crippen molar-refractivity contribution in [2.75, 3.05) is 0 Å². The average molecular weight is 245 g/mol. The number of rotatable bonds is 2. The Kier molecular flexibility index (Phi) is 3.39. The van der Waals surface area contributed by atoms with Crippen molar-refractivity contribution in [1.82, 2.24) is 0 Å². The van der Waals surface area contributed by atoms with Gasteiger partial charge in [-0.05, 0) is 11.6 Å². The molecule has 0 saturated carbocycles. The molecule has 7 heteroatoms. The maximum Gasteiger partial charge on any atom is 0.416 e. The van der Waals surface area contributed by atoms with Gasteiger partial charge in [0, 0.05) is 12.1 Å². The van der Waals surface area contributed by atoms with Crippen molar-refractivity contribution >= 4 is 5.69 Å². The van der Waals surface area contributed by atoms with Crippen LogP contribution in [-0.2, 0) is 6.18 Å². The molecule has 1 aromatic rings. The van der Waals surface area contributed by atoms with E-state index in [9.17, 15) is 28.4 Å². The van der Waals surface area contributed by atoms with Crippen molar-refractivity contribution in [3.8, 4) is 12.3 Å². The number of benzene rings is 1. The van der Waals surface area contributed by atoms with Crippen LogP contribution in [0.5, 0.6) is 0 Å². The molecule has 4 nitrogen and oxygen atoms in total. The molecule has 90 valence electrons. The predicted molar refractivity (Wildman–Crippen MR) is 51.9 cm³/mol. The molecule has 0 amide bonds. The molecule has 1 unspecified atom stereocenters. The molecule has 0 aliphatic heterocycles. The molecule has 1 rings (SSSR count). The molecule has 1 atom stereocenters. The van der Waals surface area contributed by atoms with Crippen LogP contribution in [-0.4, -0.2) is 10.0 Å². The van der Waals surface area contributed by atoms with Crippen molar-refractivity contribution < 1.29 is 23.2 Å². The van der Waals surface area contributed by atoms with Crippen LogP contribution in [0.2, 0.25) is 0 Å². The molecule has 0 bridgehead atoms. The summed E-state index contributed by atoms with van der Waals surface area (Å²) in [6, 6.07) is 1.77. The van der Waals surface area contributed by atoms with Crippen molar-refractivity contribution in [2.45, 2.75) is 12.3 Å². The molecular weight excluding hydrogens is 239 g/mol. The number of nitrogens with zero attached hydrogens (tertiary/aromatic N) is 1. The monoisotopic (exact) mass is 245 g/mol. The lowest BCUT2D eigenvalue weighted by Gasteiger charge is -2.10. The van der Waals surface area contributed by atoms with Gasteiger partial charge in [-0.15, -0.1) is 6.42 Å². The maximum atomic E-state index is 12.4. The van der Waals surface area contributed by atoms with Crippen LogP contribution in [0.3, 0.4) is 0 Å². The summed E-state index contributed by atoms with van der Waals surface area (Å²) in [6.07, 6.45) is -1.52. The van der Waals surface area contributed by atoms with Gasteiger partial charge in [0.15, 0.2) is 0 Å². The van der Waals surface area contributed by atoms with Crippen LogP contribution in [0.15, 0.2) is 18.2 Å². The zero-order valence-corrected chi connectivity index (χ0v) is 8.23. The molecule has 0 heterocycles. The second kappa shape index (κ2) is 4.43. The van der Waals surface area contributed by atoms with Crippen molar-refractivity contribution in [2.24, 2.45) is 0 Å². The van der Waals surface area contributed by atoms with E-state index in [1.165, 1.54) is 0 Å². The Morgan fingerprint density at radius 1 is 1.41 bits per heavy atom. The molecule has 0 saturated heterocycles. The van der Waals surface area contributed by atoms with E-state index in [0.717, 1.165) is 6.07 Å². The van der Waals surface area contributed by atoms with Gasteiger partial charge in [0.2, 0.25) is 0 Å². The van der Waals surface area contributed by atoms with Gasteiger partial charge in [0.05, 0.1) is 10.5 Å². The number of nitro benzene ring substituents is 1. The third kappa shape index (κ3) is 2.95. The minimum atomic E-state index is -4.74. The molecule has 0 radical (unpaired) electrons. The minimum Gasteiger partial charge on any atom is -0.376 e. The molecule has 0 aromatic heterocycles. The summed E-state index contributed by atoms with van der Waals surface area (Å²) >= 11 is 0. The number of alkyl halides is 3. The Morgan fingerprint density at radius 3 is 2.41 bits per heavy atom. The van der Waals surface area contributed by atoms with E-state index in [1.54, 1.807) is 5.92 Å². The third-order valence-corrected chi connectivity index (χ3v) is 1.95. The van der Waals surface area contributed by atoms with Crippen LogP contribution in [0.25, 0.3) is 0 Å². The van der Waals surface area contributed by atoms with E-state index in [0.29, 0.717) is 12.1 Å². The number of terminal acetylenes is 1. The number of hydrogen-bond donors (Lipinski definition) is 1. The third-order valence-electron chi connectivity index (χ3n) is 1.95. The Hall–Kier alpha value is -2.07. The summed E-state index contributed by atoms with van der Waals surface area (Å²) in [5.74, 6) is 1.79. The zero-order valence-electron chi connectivity index (χ0n) is 8.23. The topological polar surface area (TPSA) is 63.4 Å². The van der Waals surface area contributed by atoms with Gasteiger partial charge in [-0.3, -0.25) is 10.1 Å². The fraction of sp³-hybridized carbons (Fsp3) is 0.200. The Balaban J connectivity index is 3.40. The summed E-state index contributed by atoms with van der Waals surface area (Å²) in [7, 11) is 0. The first-order valence-electron chi connectivity index (χ1n) is 4.26. The highest BCUT2D eigenvalue weighted by molar-refractivity contribution is 5.42. The number of non-ortho nitro benzene ring substituents is 1. The van der Waals surface area contributed by atoms with Crippen LogP contribution in [0, 0.1) is 22.5 Å². The zero-order chi connectivity index (χ0) is 13.2. The van der Waals surface area contributed by atoms with Crippen LogP contribution < -0.4 is 0 Å². The largest absolute Gasteiger partial charge is 0.416 e. The molecule has 0 aliphatic carbocycles. The van der Waals surface area contributed by atoms with Crippen LogP contribution in [0.4, 0.5) is 18.9 Å². The fourth-order valence-electron chi connectivity index (χ4n) is 1.16. The van der Waals surface area contributed by atoms with E-state index >= 15 is 0 Å². The Bertz CT molecular complexity index is 491. The molecule has 17 heavy (non-hydrogen) atoms. The SMILES string of the molecule is C#CC(O)c1cc([N+](=O)[O-])cc(C(F)(F)F)c1. The van der Waals surface area contributed by atoms with E-state index in [4.69, 9.17) is 6.42 Å². The quantitative estimate of drug-likeness (QED) is 0.494. The van der Waals surface area contributed by atoms with Gasteiger partial charge in [0.25, 0.3) is 5.69 Å². The standard InChI is InChI=1S/C10H6F3NO3/c1-2-9(15)6-3-7(10(11,12)13)5-8(4-6)14(16)17/h1,3-5,9,15H. The normalized spacial score (nSPS) is 12.9. The summed E-state index contributed by atoms with van der Waals surface area (Å²) in [6.45, 7) is 0. The van der Waals surface area contributed by atoms with E-state index in [-0.39, 0.29) is 5.56 Å². The van der Waals surface area contributed by atoms with Crippen molar-refractivity contribution in [3.63, 3.8) is 0 Å². The first-order valence-corrected chi connectivity index (χ1v) is 4.26. The lowest BCUT2D eigenvalue weighted by Crippen LogP contribution is -2.08. The lowest BCUT2D eigenvalue weighted by atomic mass is 10.0. The maximum absolute atomic E-state index is 12.4. The molecule has 1 aromatic carbocycles. The smallest absolute Gasteiger partial charge is 0.376 e. The highest BCUT2D eigenvalue weighted by atomic mass is 19.4. The van der Waals surface area contributed by atoms with Crippen molar-refractivity contribution in [1.29, 1.82) is 0 Å². The highest BCUT2D eigenvalue weighted by Crippen LogP contribution is 2.33. The fourth-order valence-corrected chi connectivity index (χ4v) is 1.16. The van der Waals surface area contributed by atoms with Gasteiger partial charge in [0.1, 0.15) is 6.10 Å². The summed E-state index contributed by atoms with van der Waals surface area (Å²) in [4.78, 5) is 9.46. The van der Waals surface area contributed by atoms with Gasteiger partial charge in [-0.2, -0.15) is 13.2 Å². The Morgan fingerprint density at radius 2 is 2.00 bits per heavy atom. The highest BCUT2D eigenvalue weighted by Gasteiger charge is 2.33. The first kappa shape index (κ1) is 13.0. The number of hydrogen-bond acceptors (Lipinski definition) is 3. The van der Waals surface area contributed by atoms with Crippen molar-refractivity contribution in [3.05, 3.63) is 39.4 Å². The van der Waals surface area contributed by atoms with E-state index in [2.05, 4.69) is 0 Å². The molecule has 0 fully saturated rings. The number of aliphatic hydroxyl groups excluding tert-OH is 1. The minimum absolute atomic E-state index is 0.339. The van der Waals surface area contributed by atoms with Gasteiger partial charge >= 0.3 is 6.18 Å². The Labute approximate surface area is 93.8 Å². The number of nitro groups is 1. The van der Waals surface area contributed by atoms with E-state index < -0.39 is 28.5 Å². The predicted octanol–water partition coefficient (Wildman–Crippen LogP) is 2.28. The second-order valence-corrected chi connectivity index (χ2v) is 3.14. The van der Waals surface area contributed by atoms with Crippen LogP contribution in [0.1, 0.15) is 17.2 Å². The van der Waals surface area contributed by atoms with Gasteiger partial charge in [-0.1, -0.05) is 5.92 Å². The summed E-state index contributed by atoms with van der Waals surface area (Å²) in [5.41, 5.74) is -2.34. The van der Waals surface area contributed by atoms with Crippen LogP contribution >= 0.6 is 0 Å². The molecule has 1 N–H and O–H groups in total. The summed E-state index contributed by atoms with van der Waals surface area (Å²) in [5, 5.41) is 19.6. The molecular formula is C10H6F3NO3. The second-order valence-electron chi connectivity index (χ2n) is 3.14. The first-order chi connectivity index (χ1) is 7.75. The van der Waals surface area contributed by atoms with E-state index in [1.807, 2.05) is 0 Å². The van der Waals surface area contributed by atoms with Gasteiger partial charge in [-0.25, -0.2) is 0 Å².